The van der Waals surface area contributed by atoms with Gasteiger partial charge in [0.1, 0.15) is 0 Å². The van der Waals surface area contributed by atoms with E-state index in [4.69, 9.17) is 20.9 Å². The van der Waals surface area contributed by atoms with Crippen molar-refractivity contribution in [3.8, 4) is 0 Å². The Morgan fingerprint density at radius 2 is 1.20 bits per heavy atom. The molecule has 0 saturated carbocycles. The third-order valence-corrected chi connectivity index (χ3v) is 10.2. The molecule has 0 amide bonds. The molecular formula is C20H43O2PS2. The number of rotatable bonds is 19. The van der Waals surface area contributed by atoms with Crippen molar-refractivity contribution in [2.45, 2.75) is 105 Å². The summed E-state index contributed by atoms with van der Waals surface area (Å²) in [5, 5.41) is 0. The Kier molecular flexibility index (Phi) is 19.0. The first-order valence-electron chi connectivity index (χ1n) is 10.6. The van der Waals surface area contributed by atoms with E-state index in [9.17, 15) is 0 Å². The van der Waals surface area contributed by atoms with Crippen molar-refractivity contribution >= 4 is 28.9 Å². The molecule has 0 heterocycles. The zero-order valence-corrected chi connectivity index (χ0v) is 19.8. The van der Waals surface area contributed by atoms with Crippen LogP contribution in [0, 0.1) is 5.92 Å². The molecule has 0 radical (unpaired) electrons. The Bertz CT molecular complexity index is 317. The van der Waals surface area contributed by atoms with Gasteiger partial charge in [-0.25, -0.2) is 0 Å². The minimum atomic E-state index is -2.09. The molecule has 0 N–H and O–H groups in total. The standard InChI is InChI=1S/C20H43O2PS2/c1-5-8-9-10-11-12-13-14-15-16-17-18-20(4)19-25-23(24,21-6-2)22-7-3/h20H,5-19H2,1-4H3. The van der Waals surface area contributed by atoms with Crippen LogP contribution in [0.25, 0.3) is 0 Å². The highest BCUT2D eigenvalue weighted by atomic mass is 32.9. The summed E-state index contributed by atoms with van der Waals surface area (Å²) >= 11 is 7.32. The fraction of sp³-hybridized carbons (Fsp3) is 1.00. The van der Waals surface area contributed by atoms with Crippen LogP contribution in [-0.4, -0.2) is 19.0 Å². The molecule has 1 unspecified atom stereocenters. The van der Waals surface area contributed by atoms with Crippen molar-refractivity contribution in [3.63, 3.8) is 0 Å². The second-order valence-electron chi connectivity index (χ2n) is 7.01. The van der Waals surface area contributed by atoms with Gasteiger partial charge in [0, 0.05) is 5.75 Å². The Morgan fingerprint density at radius 3 is 1.64 bits per heavy atom. The molecule has 25 heavy (non-hydrogen) atoms. The molecule has 152 valence electrons. The van der Waals surface area contributed by atoms with E-state index in [-0.39, 0.29) is 0 Å². The van der Waals surface area contributed by atoms with Crippen LogP contribution in [0.3, 0.4) is 0 Å². The summed E-state index contributed by atoms with van der Waals surface area (Å²) in [6.45, 7) is 9.91. The fourth-order valence-electron chi connectivity index (χ4n) is 2.89. The molecule has 0 saturated heterocycles. The monoisotopic (exact) mass is 410 g/mol. The van der Waals surface area contributed by atoms with Crippen molar-refractivity contribution in [3.05, 3.63) is 0 Å². The van der Waals surface area contributed by atoms with Crippen molar-refractivity contribution in [1.29, 1.82) is 0 Å². The maximum absolute atomic E-state index is 5.70. The molecule has 0 rings (SSSR count). The molecule has 0 spiro atoms. The lowest BCUT2D eigenvalue weighted by Gasteiger charge is -2.21. The van der Waals surface area contributed by atoms with Crippen LogP contribution >= 0.6 is 17.1 Å². The first kappa shape index (κ1) is 25.9. The summed E-state index contributed by atoms with van der Waals surface area (Å²) in [5.74, 6) is 1.77. The zero-order valence-electron chi connectivity index (χ0n) is 17.3. The minimum Gasteiger partial charge on any atom is -0.322 e. The Labute approximate surface area is 167 Å². The van der Waals surface area contributed by atoms with Crippen LogP contribution in [0.4, 0.5) is 0 Å². The second-order valence-corrected chi connectivity index (χ2v) is 13.4. The topological polar surface area (TPSA) is 18.5 Å². The van der Waals surface area contributed by atoms with Crippen LogP contribution in [-0.2, 0) is 20.9 Å². The SMILES string of the molecule is CCCCCCCCCCCCCC(C)CSP(=S)(OCC)OCC. The third kappa shape index (κ3) is 16.8. The molecule has 0 aromatic rings. The van der Waals surface area contributed by atoms with E-state index in [1.165, 1.54) is 77.0 Å². The van der Waals surface area contributed by atoms with Crippen molar-refractivity contribution in [2.75, 3.05) is 19.0 Å². The molecule has 1 atom stereocenters. The second kappa shape index (κ2) is 18.3. The van der Waals surface area contributed by atoms with Crippen LogP contribution in [0.2, 0.25) is 0 Å². The van der Waals surface area contributed by atoms with Crippen molar-refractivity contribution in [2.24, 2.45) is 5.92 Å². The lowest BCUT2D eigenvalue weighted by atomic mass is 10.0. The summed E-state index contributed by atoms with van der Waals surface area (Å²) in [4.78, 5) is 0. The van der Waals surface area contributed by atoms with E-state index in [0.29, 0.717) is 19.1 Å². The largest absolute Gasteiger partial charge is 0.322 e. The normalized spacial score (nSPS) is 13.3. The van der Waals surface area contributed by atoms with Gasteiger partial charge in [0.15, 0.2) is 0 Å². The van der Waals surface area contributed by atoms with Gasteiger partial charge in [-0.15, -0.1) is 0 Å². The van der Waals surface area contributed by atoms with Crippen LogP contribution in [0.15, 0.2) is 0 Å². The first-order valence-corrected chi connectivity index (χ1v) is 14.8. The summed E-state index contributed by atoms with van der Waals surface area (Å²) in [5.41, 5.74) is -2.09. The smallest absolute Gasteiger partial charge is 0.247 e. The summed E-state index contributed by atoms with van der Waals surface area (Å²) in [6, 6.07) is 0. The first-order chi connectivity index (χ1) is 12.1. The Hall–Kier alpha value is 0.920. The molecule has 0 aromatic carbocycles. The molecule has 0 aromatic heterocycles. The quantitative estimate of drug-likeness (QED) is 0.157. The van der Waals surface area contributed by atoms with Crippen molar-refractivity contribution < 1.29 is 9.05 Å². The zero-order chi connectivity index (χ0) is 18.8. The third-order valence-electron chi connectivity index (χ3n) is 4.39. The maximum atomic E-state index is 5.70. The lowest BCUT2D eigenvalue weighted by Crippen LogP contribution is -2.00. The van der Waals surface area contributed by atoms with Gasteiger partial charge >= 0.3 is 0 Å². The lowest BCUT2D eigenvalue weighted by molar-refractivity contribution is 0.280. The summed E-state index contributed by atoms with van der Waals surface area (Å²) < 4.78 is 11.4. The fourth-order valence-corrected chi connectivity index (χ4v) is 7.92. The van der Waals surface area contributed by atoms with Crippen molar-refractivity contribution in [1.82, 2.24) is 0 Å². The van der Waals surface area contributed by atoms with Crippen LogP contribution in [0.5, 0.6) is 0 Å². The summed E-state index contributed by atoms with van der Waals surface area (Å²) in [7, 11) is 0. The molecule has 0 aliphatic carbocycles. The number of hydrogen-bond acceptors (Lipinski definition) is 4. The van der Waals surface area contributed by atoms with E-state index >= 15 is 0 Å². The Balaban J connectivity index is 3.51. The minimum absolute atomic E-state index is 0.650. The average Bonchev–Trinajstić information content (AvgIpc) is 2.58. The summed E-state index contributed by atoms with van der Waals surface area (Å²) in [6.07, 6.45) is 16.8. The van der Waals surface area contributed by atoms with E-state index in [1.54, 1.807) is 11.4 Å². The highest BCUT2D eigenvalue weighted by molar-refractivity contribution is 8.67. The molecule has 2 nitrogen and oxygen atoms in total. The molecule has 0 aliphatic rings. The number of hydrogen-bond donors (Lipinski definition) is 0. The van der Waals surface area contributed by atoms with Gasteiger partial charge in [0.25, 0.3) is 0 Å². The van der Waals surface area contributed by atoms with E-state index < -0.39 is 5.69 Å². The molecule has 5 heteroatoms. The predicted molar refractivity (Wildman–Crippen MR) is 120 cm³/mol. The Morgan fingerprint density at radius 1 is 0.760 bits per heavy atom. The van der Waals surface area contributed by atoms with Gasteiger partial charge in [-0.3, -0.25) is 0 Å². The highest BCUT2D eigenvalue weighted by Gasteiger charge is 2.19. The van der Waals surface area contributed by atoms with E-state index in [0.717, 1.165) is 5.75 Å². The van der Waals surface area contributed by atoms with Gasteiger partial charge in [0.05, 0.1) is 13.2 Å². The van der Waals surface area contributed by atoms with Gasteiger partial charge in [-0.05, 0) is 38.0 Å². The average molecular weight is 411 g/mol. The van der Waals surface area contributed by atoms with Gasteiger partial charge in [0.2, 0.25) is 5.69 Å². The van der Waals surface area contributed by atoms with Crippen LogP contribution < -0.4 is 0 Å². The van der Waals surface area contributed by atoms with Gasteiger partial charge in [-0.2, -0.15) is 0 Å². The maximum Gasteiger partial charge on any atom is 0.247 e. The van der Waals surface area contributed by atoms with Crippen LogP contribution in [0.1, 0.15) is 105 Å². The molecule has 0 bridgehead atoms. The molecule has 0 aliphatic heterocycles. The highest BCUT2D eigenvalue weighted by Crippen LogP contribution is 2.61. The van der Waals surface area contributed by atoms with Gasteiger partial charge < -0.3 is 9.05 Å². The van der Waals surface area contributed by atoms with Gasteiger partial charge in [-0.1, -0.05) is 95.9 Å². The molecular weight excluding hydrogens is 367 g/mol. The predicted octanol–water partition coefficient (Wildman–Crippen LogP) is 8.35. The number of unbranched alkanes of at least 4 members (excludes halogenated alkanes) is 10. The van der Waals surface area contributed by atoms with E-state index in [2.05, 4.69) is 13.8 Å². The molecule has 0 fully saturated rings. The van der Waals surface area contributed by atoms with E-state index in [1.807, 2.05) is 13.8 Å².